The molecular weight excluding hydrogens is 262 g/mol. The van der Waals surface area contributed by atoms with Crippen LogP contribution >= 0.6 is 0 Å². The molecule has 21 heavy (non-hydrogen) atoms. The summed E-state index contributed by atoms with van der Waals surface area (Å²) in [6, 6.07) is 16.2. The van der Waals surface area contributed by atoms with Gasteiger partial charge in [0.25, 0.3) is 0 Å². The molecule has 4 N–H and O–H groups in total. The van der Waals surface area contributed by atoms with Gasteiger partial charge in [-0.2, -0.15) is 0 Å². The zero-order valence-corrected chi connectivity index (χ0v) is 12.4. The Labute approximate surface area is 125 Å². The molecule has 110 valence electrons. The van der Waals surface area contributed by atoms with Crippen molar-refractivity contribution in [2.75, 3.05) is 5.32 Å². The summed E-state index contributed by atoms with van der Waals surface area (Å²) in [6.07, 6.45) is 0.438. The van der Waals surface area contributed by atoms with Crippen molar-refractivity contribution in [3.63, 3.8) is 0 Å². The van der Waals surface area contributed by atoms with Crippen molar-refractivity contribution in [1.29, 1.82) is 0 Å². The number of nitrogens with zero attached hydrogens (tertiary/aromatic N) is 1. The van der Waals surface area contributed by atoms with Gasteiger partial charge in [0.05, 0.1) is 6.04 Å². The van der Waals surface area contributed by atoms with E-state index in [0.717, 1.165) is 11.3 Å². The van der Waals surface area contributed by atoms with E-state index in [2.05, 4.69) is 36.5 Å². The van der Waals surface area contributed by atoms with Crippen LogP contribution in [0.15, 0.2) is 53.7 Å². The molecule has 4 heteroatoms. The van der Waals surface area contributed by atoms with Crippen LogP contribution in [0, 0.1) is 13.8 Å². The first kappa shape index (κ1) is 14.9. The third-order valence-electron chi connectivity index (χ3n) is 3.59. The lowest BCUT2D eigenvalue weighted by Crippen LogP contribution is -2.21. The van der Waals surface area contributed by atoms with E-state index in [0.29, 0.717) is 6.42 Å². The molecule has 0 fully saturated rings. The number of aryl methyl sites for hydroxylation is 2. The van der Waals surface area contributed by atoms with E-state index in [4.69, 9.17) is 10.9 Å². The number of benzene rings is 2. The molecule has 1 atom stereocenters. The second kappa shape index (κ2) is 6.79. The molecule has 0 aliphatic carbocycles. The number of hydrogen-bond acceptors (Lipinski definition) is 3. The summed E-state index contributed by atoms with van der Waals surface area (Å²) in [4.78, 5) is 0. The standard InChI is InChI=1S/C17H21N3O/c1-12-8-9-15(10-13(12)2)19-16(11-17(18)20-21)14-6-4-3-5-7-14/h3-10,16,19,21H,11H2,1-2H3,(H2,18,20). The van der Waals surface area contributed by atoms with Crippen molar-refractivity contribution in [2.45, 2.75) is 26.3 Å². The molecule has 0 radical (unpaired) electrons. The number of nitrogens with two attached hydrogens (primary N) is 1. The van der Waals surface area contributed by atoms with E-state index in [1.165, 1.54) is 11.1 Å². The summed E-state index contributed by atoms with van der Waals surface area (Å²) in [5.41, 5.74) is 10.3. The second-order valence-corrected chi connectivity index (χ2v) is 5.20. The van der Waals surface area contributed by atoms with Crippen molar-refractivity contribution in [2.24, 2.45) is 10.9 Å². The Balaban J connectivity index is 2.25. The first-order chi connectivity index (χ1) is 10.1. The van der Waals surface area contributed by atoms with Crippen LogP contribution in [0.2, 0.25) is 0 Å². The summed E-state index contributed by atoms with van der Waals surface area (Å²) < 4.78 is 0. The molecule has 0 bridgehead atoms. The Morgan fingerprint density at radius 2 is 1.86 bits per heavy atom. The molecule has 0 amide bonds. The maximum Gasteiger partial charge on any atom is 0.141 e. The van der Waals surface area contributed by atoms with Crippen LogP contribution in [-0.2, 0) is 0 Å². The molecule has 1 unspecified atom stereocenters. The maximum atomic E-state index is 8.81. The number of rotatable bonds is 5. The van der Waals surface area contributed by atoms with Gasteiger partial charge >= 0.3 is 0 Å². The highest BCUT2D eigenvalue weighted by molar-refractivity contribution is 5.80. The van der Waals surface area contributed by atoms with Gasteiger partial charge in [-0.25, -0.2) is 0 Å². The third-order valence-corrected chi connectivity index (χ3v) is 3.59. The van der Waals surface area contributed by atoms with Gasteiger partial charge in [-0.3, -0.25) is 0 Å². The van der Waals surface area contributed by atoms with Crippen LogP contribution in [0.25, 0.3) is 0 Å². The molecule has 2 aromatic carbocycles. The fourth-order valence-electron chi connectivity index (χ4n) is 2.22. The van der Waals surface area contributed by atoms with Crippen LogP contribution in [-0.4, -0.2) is 11.0 Å². The summed E-state index contributed by atoms with van der Waals surface area (Å²) in [5, 5.41) is 15.4. The van der Waals surface area contributed by atoms with Gasteiger partial charge in [-0.1, -0.05) is 41.6 Å². The molecular formula is C17H21N3O. The monoisotopic (exact) mass is 283 g/mol. The number of nitrogens with one attached hydrogen (secondary N) is 1. The van der Waals surface area contributed by atoms with E-state index in [1.54, 1.807) is 0 Å². The van der Waals surface area contributed by atoms with E-state index in [1.807, 2.05) is 36.4 Å². The molecule has 0 aliphatic heterocycles. The molecule has 4 nitrogen and oxygen atoms in total. The Kier molecular flexibility index (Phi) is 4.82. The number of oxime groups is 1. The smallest absolute Gasteiger partial charge is 0.141 e. The second-order valence-electron chi connectivity index (χ2n) is 5.20. The lowest BCUT2D eigenvalue weighted by atomic mass is 10.0. The fourth-order valence-corrected chi connectivity index (χ4v) is 2.22. The third kappa shape index (κ3) is 3.99. The zero-order valence-electron chi connectivity index (χ0n) is 12.4. The van der Waals surface area contributed by atoms with Crippen molar-refractivity contribution in [1.82, 2.24) is 0 Å². The summed E-state index contributed by atoms with van der Waals surface area (Å²) >= 11 is 0. The first-order valence-corrected chi connectivity index (χ1v) is 6.95. The summed E-state index contributed by atoms with van der Waals surface area (Å²) in [6.45, 7) is 4.17. The number of amidine groups is 1. The van der Waals surface area contributed by atoms with Gasteiger partial charge in [0.2, 0.25) is 0 Å². The van der Waals surface area contributed by atoms with Crippen LogP contribution in [0.3, 0.4) is 0 Å². The average molecular weight is 283 g/mol. The van der Waals surface area contributed by atoms with Crippen LogP contribution < -0.4 is 11.1 Å². The van der Waals surface area contributed by atoms with E-state index >= 15 is 0 Å². The van der Waals surface area contributed by atoms with Gasteiger partial charge < -0.3 is 16.3 Å². The van der Waals surface area contributed by atoms with Crippen LogP contribution in [0.4, 0.5) is 5.69 Å². The number of anilines is 1. The molecule has 0 aromatic heterocycles. The van der Waals surface area contributed by atoms with Crippen LogP contribution in [0.5, 0.6) is 0 Å². The fraction of sp³-hybridized carbons (Fsp3) is 0.235. The summed E-state index contributed by atoms with van der Waals surface area (Å²) in [7, 11) is 0. The molecule has 0 heterocycles. The predicted molar refractivity (Wildman–Crippen MR) is 86.7 cm³/mol. The van der Waals surface area contributed by atoms with Gasteiger partial charge in [-0.05, 0) is 42.7 Å². The predicted octanol–water partition coefficient (Wildman–Crippen LogP) is 3.59. The van der Waals surface area contributed by atoms with Crippen molar-refractivity contribution < 1.29 is 5.21 Å². The number of hydrogen-bond donors (Lipinski definition) is 3. The minimum atomic E-state index is -0.0378. The Hall–Kier alpha value is -2.49. The topological polar surface area (TPSA) is 70.6 Å². The highest BCUT2D eigenvalue weighted by Crippen LogP contribution is 2.24. The SMILES string of the molecule is Cc1ccc(NC(CC(N)=NO)c2ccccc2)cc1C. The molecule has 0 saturated carbocycles. The lowest BCUT2D eigenvalue weighted by Gasteiger charge is -2.20. The zero-order chi connectivity index (χ0) is 15.2. The van der Waals surface area contributed by atoms with E-state index in [9.17, 15) is 0 Å². The van der Waals surface area contributed by atoms with Gasteiger partial charge in [-0.15, -0.1) is 0 Å². The van der Waals surface area contributed by atoms with E-state index in [-0.39, 0.29) is 11.9 Å². The van der Waals surface area contributed by atoms with Crippen molar-refractivity contribution in [3.8, 4) is 0 Å². The minimum Gasteiger partial charge on any atom is -0.409 e. The Bertz CT molecular complexity index is 623. The average Bonchev–Trinajstić information content (AvgIpc) is 2.51. The maximum absolute atomic E-state index is 8.81. The Morgan fingerprint density at radius 3 is 2.48 bits per heavy atom. The quantitative estimate of drug-likeness (QED) is 0.340. The van der Waals surface area contributed by atoms with Gasteiger partial charge in [0, 0.05) is 12.1 Å². The normalized spacial score (nSPS) is 13.0. The van der Waals surface area contributed by atoms with E-state index < -0.39 is 0 Å². The largest absolute Gasteiger partial charge is 0.409 e. The molecule has 0 saturated heterocycles. The Morgan fingerprint density at radius 1 is 1.14 bits per heavy atom. The van der Waals surface area contributed by atoms with Crippen molar-refractivity contribution in [3.05, 3.63) is 65.2 Å². The first-order valence-electron chi connectivity index (χ1n) is 6.95. The highest BCUT2D eigenvalue weighted by Gasteiger charge is 2.13. The molecule has 2 aromatic rings. The minimum absolute atomic E-state index is 0.0378. The van der Waals surface area contributed by atoms with Gasteiger partial charge in [0.15, 0.2) is 0 Å². The summed E-state index contributed by atoms with van der Waals surface area (Å²) in [5.74, 6) is 0.209. The molecule has 0 aliphatic rings. The van der Waals surface area contributed by atoms with Crippen molar-refractivity contribution >= 4 is 11.5 Å². The highest BCUT2D eigenvalue weighted by atomic mass is 16.4. The molecule has 0 spiro atoms. The molecule has 2 rings (SSSR count). The van der Waals surface area contributed by atoms with Gasteiger partial charge in [0.1, 0.15) is 5.84 Å². The lowest BCUT2D eigenvalue weighted by molar-refractivity contribution is 0.316. The van der Waals surface area contributed by atoms with Crippen LogP contribution in [0.1, 0.15) is 29.2 Å².